The normalized spacial score (nSPS) is 13.9. The predicted octanol–water partition coefficient (Wildman–Crippen LogP) is 1.97. The van der Waals surface area contributed by atoms with E-state index in [4.69, 9.17) is 16.7 Å². The zero-order valence-corrected chi connectivity index (χ0v) is 10.9. The first-order valence-electron chi connectivity index (χ1n) is 4.85. The third-order valence-corrected chi connectivity index (χ3v) is 4.10. The molecule has 0 radical (unpaired) electrons. The molecule has 0 heterocycles. The summed E-state index contributed by atoms with van der Waals surface area (Å²) >= 11 is 5.71. The van der Waals surface area contributed by atoms with Crippen LogP contribution in [-0.2, 0) is 21.3 Å². The van der Waals surface area contributed by atoms with E-state index in [1.165, 1.54) is 25.1 Å². The van der Waals surface area contributed by atoms with E-state index in [0.29, 0.717) is 0 Å². The number of nitro benzene ring substituents is 1. The molecule has 2 unspecified atom stereocenters. The Bertz CT molecular complexity index is 519. The minimum Gasteiger partial charge on any atom is -0.480 e. The molecule has 0 saturated heterocycles. The van der Waals surface area contributed by atoms with Gasteiger partial charge in [0, 0.05) is 27.5 Å². The van der Waals surface area contributed by atoms with Crippen molar-refractivity contribution in [2.75, 3.05) is 0 Å². The molecule has 0 bridgehead atoms. The highest BCUT2D eigenvalue weighted by Crippen LogP contribution is 2.24. The minimum atomic E-state index is -1.74. The topological polar surface area (TPSA) is 97.5 Å². The molecular weight excluding hydrogens is 282 g/mol. The minimum absolute atomic E-state index is 0.166. The van der Waals surface area contributed by atoms with E-state index >= 15 is 0 Å². The molecule has 98 valence electrons. The van der Waals surface area contributed by atoms with E-state index in [1.54, 1.807) is 0 Å². The number of carboxylic acid groups (broad SMARTS) is 1. The fourth-order valence-electron chi connectivity index (χ4n) is 1.24. The maximum absolute atomic E-state index is 11.7. The lowest BCUT2D eigenvalue weighted by Crippen LogP contribution is -2.23. The van der Waals surface area contributed by atoms with Gasteiger partial charge < -0.3 is 5.11 Å². The van der Waals surface area contributed by atoms with Crippen molar-refractivity contribution in [2.45, 2.75) is 17.9 Å². The van der Waals surface area contributed by atoms with Crippen molar-refractivity contribution in [3.05, 3.63) is 38.9 Å². The zero-order valence-electron chi connectivity index (χ0n) is 9.33. The summed E-state index contributed by atoms with van der Waals surface area (Å²) in [5, 5.41) is 18.7. The number of aliphatic carboxylic acids is 1. The number of rotatable bonds is 5. The van der Waals surface area contributed by atoms with Crippen molar-refractivity contribution in [3.8, 4) is 0 Å². The molecule has 6 nitrogen and oxygen atoms in total. The number of carbonyl (C=O) groups is 1. The molecular formula is C10H10ClNO5S. The summed E-state index contributed by atoms with van der Waals surface area (Å²) in [5.41, 5.74) is -0.0516. The largest absolute Gasteiger partial charge is 0.480 e. The maximum Gasteiger partial charge on any atom is 0.318 e. The van der Waals surface area contributed by atoms with Gasteiger partial charge >= 0.3 is 5.97 Å². The molecule has 1 N–H and O–H groups in total. The Balaban J connectivity index is 3.03. The van der Waals surface area contributed by atoms with Crippen molar-refractivity contribution >= 4 is 34.1 Å². The van der Waals surface area contributed by atoms with Gasteiger partial charge in [0.05, 0.1) is 10.7 Å². The Morgan fingerprint density at radius 2 is 2.22 bits per heavy atom. The molecule has 1 aromatic rings. The van der Waals surface area contributed by atoms with Crippen LogP contribution in [0.5, 0.6) is 0 Å². The monoisotopic (exact) mass is 291 g/mol. The summed E-state index contributed by atoms with van der Waals surface area (Å²) in [7, 11) is -1.74. The third-order valence-electron chi connectivity index (χ3n) is 2.28. The lowest BCUT2D eigenvalue weighted by molar-refractivity contribution is -0.385. The number of hydrogen-bond acceptors (Lipinski definition) is 4. The van der Waals surface area contributed by atoms with Crippen LogP contribution in [0.25, 0.3) is 0 Å². The van der Waals surface area contributed by atoms with Gasteiger partial charge in [-0.05, 0) is 19.1 Å². The molecule has 0 aliphatic carbocycles. The molecule has 8 heteroatoms. The smallest absolute Gasteiger partial charge is 0.318 e. The maximum atomic E-state index is 11.7. The Hall–Kier alpha value is -1.47. The average molecular weight is 292 g/mol. The van der Waals surface area contributed by atoms with E-state index in [9.17, 15) is 19.1 Å². The van der Waals surface area contributed by atoms with Gasteiger partial charge in [0.25, 0.3) is 5.69 Å². The standard InChI is InChI=1S/C10H10ClNO5S/c1-6(10(13)14)18(17)5-7-4-8(11)2-3-9(7)12(15)16/h2-4,6H,5H2,1H3,(H,13,14). The highest BCUT2D eigenvalue weighted by atomic mass is 35.5. The van der Waals surface area contributed by atoms with Crippen molar-refractivity contribution < 1.29 is 19.0 Å². The molecule has 2 atom stereocenters. The fourth-order valence-corrected chi connectivity index (χ4v) is 2.45. The van der Waals surface area contributed by atoms with Crippen molar-refractivity contribution in [2.24, 2.45) is 0 Å². The average Bonchev–Trinajstić information content (AvgIpc) is 2.27. The van der Waals surface area contributed by atoms with Gasteiger partial charge in [0.2, 0.25) is 0 Å². The summed E-state index contributed by atoms with van der Waals surface area (Å²) in [6.45, 7) is 1.29. The number of nitrogens with zero attached hydrogens (tertiary/aromatic N) is 1. The second-order valence-electron chi connectivity index (χ2n) is 3.54. The number of benzene rings is 1. The first-order chi connectivity index (χ1) is 8.32. The van der Waals surface area contributed by atoms with Crippen LogP contribution < -0.4 is 0 Å². The SMILES string of the molecule is CC(C(=O)O)S(=O)Cc1cc(Cl)ccc1[N+](=O)[O-]. The summed E-state index contributed by atoms with van der Waals surface area (Å²) in [6, 6.07) is 3.89. The van der Waals surface area contributed by atoms with Crippen LogP contribution in [0.4, 0.5) is 5.69 Å². The van der Waals surface area contributed by atoms with Crippen LogP contribution in [-0.4, -0.2) is 25.5 Å². The molecule has 0 aliphatic heterocycles. The summed E-state index contributed by atoms with van der Waals surface area (Å²) in [5.74, 6) is -1.43. The second kappa shape index (κ2) is 5.92. The molecule has 0 saturated carbocycles. The van der Waals surface area contributed by atoms with Gasteiger partial charge in [0.15, 0.2) is 0 Å². The predicted molar refractivity (Wildman–Crippen MR) is 67.1 cm³/mol. The molecule has 18 heavy (non-hydrogen) atoms. The number of halogens is 1. The molecule has 0 aliphatic rings. The number of nitro groups is 1. The first-order valence-corrected chi connectivity index (χ1v) is 6.61. The van der Waals surface area contributed by atoms with Crippen LogP contribution in [0.1, 0.15) is 12.5 Å². The molecule has 0 spiro atoms. The van der Waals surface area contributed by atoms with E-state index in [1.807, 2.05) is 0 Å². The van der Waals surface area contributed by atoms with Crippen LogP contribution in [0.15, 0.2) is 18.2 Å². The van der Waals surface area contributed by atoms with E-state index in [0.717, 1.165) is 0 Å². The van der Waals surface area contributed by atoms with Crippen LogP contribution in [0.3, 0.4) is 0 Å². The second-order valence-corrected chi connectivity index (χ2v) is 5.73. The number of carboxylic acids is 1. The molecule has 0 amide bonds. The zero-order chi connectivity index (χ0) is 13.9. The van der Waals surface area contributed by atoms with E-state index in [2.05, 4.69) is 0 Å². The lowest BCUT2D eigenvalue weighted by atomic mass is 10.2. The van der Waals surface area contributed by atoms with E-state index in [-0.39, 0.29) is 22.0 Å². The van der Waals surface area contributed by atoms with Gasteiger partial charge in [-0.3, -0.25) is 19.1 Å². The Morgan fingerprint density at radius 3 is 2.72 bits per heavy atom. The summed E-state index contributed by atoms with van der Waals surface area (Å²) in [4.78, 5) is 20.8. The van der Waals surface area contributed by atoms with Crippen LogP contribution in [0.2, 0.25) is 5.02 Å². The first kappa shape index (κ1) is 14.6. The van der Waals surface area contributed by atoms with Gasteiger partial charge in [-0.25, -0.2) is 0 Å². The highest BCUT2D eigenvalue weighted by Gasteiger charge is 2.23. The highest BCUT2D eigenvalue weighted by molar-refractivity contribution is 7.85. The molecule has 0 aromatic heterocycles. The third kappa shape index (κ3) is 3.51. The molecule has 1 aromatic carbocycles. The summed E-state index contributed by atoms with van der Waals surface area (Å²) < 4.78 is 11.7. The van der Waals surface area contributed by atoms with Gasteiger partial charge in [-0.15, -0.1) is 0 Å². The van der Waals surface area contributed by atoms with Gasteiger partial charge in [-0.2, -0.15) is 0 Å². The molecule has 0 fully saturated rings. The molecule has 1 rings (SSSR count). The van der Waals surface area contributed by atoms with Gasteiger partial charge in [0.1, 0.15) is 5.25 Å². The van der Waals surface area contributed by atoms with Crippen molar-refractivity contribution in [1.29, 1.82) is 0 Å². The van der Waals surface area contributed by atoms with Crippen molar-refractivity contribution in [3.63, 3.8) is 0 Å². The van der Waals surface area contributed by atoms with Crippen molar-refractivity contribution in [1.82, 2.24) is 0 Å². The van der Waals surface area contributed by atoms with Crippen LogP contribution >= 0.6 is 11.6 Å². The summed E-state index contributed by atoms with van der Waals surface area (Å²) in [6.07, 6.45) is 0. The van der Waals surface area contributed by atoms with Crippen LogP contribution in [0, 0.1) is 10.1 Å². The van der Waals surface area contributed by atoms with Gasteiger partial charge in [-0.1, -0.05) is 11.6 Å². The number of hydrogen-bond donors (Lipinski definition) is 1. The van der Waals surface area contributed by atoms with E-state index < -0.39 is 26.9 Å². The quantitative estimate of drug-likeness (QED) is 0.660. The fraction of sp³-hybridized carbons (Fsp3) is 0.300. The Labute approximate surface area is 110 Å². The Kier molecular flexibility index (Phi) is 4.80. The lowest BCUT2D eigenvalue weighted by Gasteiger charge is -2.07. The Morgan fingerprint density at radius 1 is 1.61 bits per heavy atom.